The van der Waals surface area contributed by atoms with Gasteiger partial charge in [-0.1, -0.05) is 175 Å². The molecule has 0 unspecified atom stereocenters. The van der Waals surface area contributed by atoms with E-state index in [9.17, 15) is 0 Å². The Hall–Kier alpha value is -5.66. The van der Waals surface area contributed by atoms with Gasteiger partial charge in [0.25, 0.3) is 0 Å². The fourth-order valence-corrected chi connectivity index (χ4v) is 10.6. The largest absolute Gasteiger partial charge is 0.309 e. The van der Waals surface area contributed by atoms with Crippen LogP contribution >= 0.6 is 0 Å². The van der Waals surface area contributed by atoms with Gasteiger partial charge in [-0.05, 0) is 96.9 Å². The van der Waals surface area contributed by atoms with Gasteiger partial charge in [0.2, 0.25) is 0 Å². The molecule has 0 aromatic heterocycles. The second-order valence-corrected chi connectivity index (χ2v) is 16.9. The maximum Gasteiger partial charge on any atom is 0.0556 e. The summed E-state index contributed by atoms with van der Waals surface area (Å²) in [5.74, 6) is 0. The van der Waals surface area contributed by atoms with E-state index in [1.807, 2.05) is 0 Å². The molecule has 7 aromatic carbocycles. The normalized spacial score (nSPS) is 15.9. The SMILES string of the molecule is Cc1c2c(c(N(c3ccccc3-c3ccccc3)c3cccc4c3C(C)(C)c3ccccc3-4)c3c1-c1ccccc1C3(C)C)C(C)(C)c1ccccc1-2. The molecule has 10 rings (SSSR count). The molecule has 1 nitrogen and oxygen atoms in total. The highest BCUT2D eigenvalue weighted by molar-refractivity contribution is 6.04. The number of rotatable bonds is 4. The number of para-hydroxylation sites is 1. The number of hydrogen-bond acceptors (Lipinski definition) is 1. The summed E-state index contributed by atoms with van der Waals surface area (Å²) in [4.78, 5) is 2.72. The van der Waals surface area contributed by atoms with Crippen molar-refractivity contribution in [1.82, 2.24) is 0 Å². The van der Waals surface area contributed by atoms with Gasteiger partial charge in [-0.15, -0.1) is 0 Å². The summed E-state index contributed by atoms with van der Waals surface area (Å²) < 4.78 is 0. The molecule has 3 aliphatic carbocycles. The third-order valence-corrected chi connectivity index (χ3v) is 13.0. The van der Waals surface area contributed by atoms with Gasteiger partial charge in [-0.3, -0.25) is 0 Å². The Morgan fingerprint density at radius 3 is 1.36 bits per heavy atom. The lowest BCUT2D eigenvalue weighted by atomic mass is 9.74. The first-order valence-corrected chi connectivity index (χ1v) is 19.1. The van der Waals surface area contributed by atoms with E-state index in [1.165, 1.54) is 101 Å². The Morgan fingerprint density at radius 1 is 0.358 bits per heavy atom. The smallest absolute Gasteiger partial charge is 0.0556 e. The van der Waals surface area contributed by atoms with Gasteiger partial charge >= 0.3 is 0 Å². The molecule has 0 radical (unpaired) electrons. The molecule has 3 aliphatic rings. The van der Waals surface area contributed by atoms with Crippen molar-refractivity contribution in [3.05, 3.63) is 185 Å². The Balaban J connectivity index is 1.42. The molecular formula is C52H45N. The third kappa shape index (κ3) is 4.14. The van der Waals surface area contributed by atoms with E-state index in [-0.39, 0.29) is 16.2 Å². The predicted molar refractivity (Wildman–Crippen MR) is 224 cm³/mol. The summed E-state index contributed by atoms with van der Waals surface area (Å²) in [6.45, 7) is 17.1. The molecule has 0 heterocycles. The van der Waals surface area contributed by atoms with Crippen molar-refractivity contribution in [3.63, 3.8) is 0 Å². The van der Waals surface area contributed by atoms with Gasteiger partial charge in [0.05, 0.1) is 17.1 Å². The van der Waals surface area contributed by atoms with E-state index in [0.29, 0.717) is 0 Å². The van der Waals surface area contributed by atoms with Crippen LogP contribution in [0.2, 0.25) is 0 Å². The van der Waals surface area contributed by atoms with Crippen molar-refractivity contribution < 1.29 is 0 Å². The summed E-state index contributed by atoms with van der Waals surface area (Å²) in [7, 11) is 0. The highest BCUT2D eigenvalue weighted by atomic mass is 15.2. The topological polar surface area (TPSA) is 3.24 Å². The molecule has 0 fully saturated rings. The van der Waals surface area contributed by atoms with E-state index in [2.05, 4.69) is 199 Å². The van der Waals surface area contributed by atoms with E-state index < -0.39 is 0 Å². The number of hydrogen-bond donors (Lipinski definition) is 0. The summed E-state index contributed by atoms with van der Waals surface area (Å²) in [6, 6.07) is 54.5. The van der Waals surface area contributed by atoms with Crippen molar-refractivity contribution in [1.29, 1.82) is 0 Å². The third-order valence-electron chi connectivity index (χ3n) is 13.0. The molecule has 1 heteroatoms. The number of anilines is 3. The van der Waals surface area contributed by atoms with Gasteiger partial charge in [-0.25, -0.2) is 0 Å². The molecule has 258 valence electrons. The number of benzene rings is 7. The lowest BCUT2D eigenvalue weighted by molar-refractivity contribution is 0.638. The average Bonchev–Trinajstić information content (AvgIpc) is 3.67. The molecular weight excluding hydrogens is 639 g/mol. The molecule has 0 bridgehead atoms. The van der Waals surface area contributed by atoms with Gasteiger partial charge in [0.15, 0.2) is 0 Å². The lowest BCUT2D eigenvalue weighted by Crippen LogP contribution is -2.28. The maximum atomic E-state index is 2.72. The molecule has 0 N–H and O–H groups in total. The summed E-state index contributed by atoms with van der Waals surface area (Å²) in [6.07, 6.45) is 0. The zero-order valence-corrected chi connectivity index (χ0v) is 31.8. The van der Waals surface area contributed by atoms with Crippen molar-refractivity contribution in [2.24, 2.45) is 0 Å². The number of nitrogens with zero attached hydrogens (tertiary/aromatic N) is 1. The van der Waals surface area contributed by atoms with Crippen LogP contribution in [-0.2, 0) is 16.2 Å². The Morgan fingerprint density at radius 2 is 0.774 bits per heavy atom. The monoisotopic (exact) mass is 683 g/mol. The van der Waals surface area contributed by atoms with Crippen molar-refractivity contribution in [2.75, 3.05) is 4.90 Å². The molecule has 53 heavy (non-hydrogen) atoms. The Bertz CT molecular complexity index is 2570. The Kier molecular flexibility index (Phi) is 6.61. The van der Waals surface area contributed by atoms with Crippen molar-refractivity contribution >= 4 is 17.1 Å². The first-order valence-electron chi connectivity index (χ1n) is 19.1. The van der Waals surface area contributed by atoms with Crippen molar-refractivity contribution in [2.45, 2.75) is 64.7 Å². The van der Waals surface area contributed by atoms with Gasteiger partial charge < -0.3 is 4.90 Å². The fraction of sp³-hybridized carbons (Fsp3) is 0.192. The fourth-order valence-electron chi connectivity index (χ4n) is 10.6. The molecule has 0 spiro atoms. The van der Waals surface area contributed by atoms with Crippen LogP contribution in [0.15, 0.2) is 146 Å². The predicted octanol–water partition coefficient (Wildman–Crippen LogP) is 14.1. The first kappa shape index (κ1) is 32.0. The van der Waals surface area contributed by atoms with E-state index in [4.69, 9.17) is 0 Å². The lowest BCUT2D eigenvalue weighted by Gasteiger charge is -2.40. The zero-order chi connectivity index (χ0) is 36.4. The second kappa shape index (κ2) is 10.9. The molecule has 7 aromatic rings. The standard InChI is InChI=1S/C52H45N/c1-32-44-37-24-12-16-28-40(37)51(4,5)47(44)49(48-45(32)38-25-13-17-29-41(38)52(48,6)7)53(42-30-18-14-22-34(42)33-20-9-8-10-21-33)43-31-19-26-36-35-23-11-15-27-39(35)50(2,3)46(36)43/h8-31H,1-7H3. The van der Waals surface area contributed by atoms with Crippen LogP contribution in [0.25, 0.3) is 44.5 Å². The highest BCUT2D eigenvalue weighted by Crippen LogP contribution is 2.65. The minimum Gasteiger partial charge on any atom is -0.309 e. The van der Waals surface area contributed by atoms with Crippen LogP contribution in [0.4, 0.5) is 17.1 Å². The average molecular weight is 684 g/mol. The number of fused-ring (bicyclic) bond motifs is 9. The van der Waals surface area contributed by atoms with E-state index in [0.717, 1.165) is 0 Å². The van der Waals surface area contributed by atoms with Gasteiger partial charge in [0, 0.05) is 21.8 Å². The van der Waals surface area contributed by atoms with Gasteiger partial charge in [-0.2, -0.15) is 0 Å². The first-order chi connectivity index (χ1) is 25.5. The molecule has 0 aliphatic heterocycles. The van der Waals surface area contributed by atoms with Crippen LogP contribution in [0.1, 0.15) is 80.5 Å². The van der Waals surface area contributed by atoms with Crippen LogP contribution in [0.5, 0.6) is 0 Å². The summed E-state index contributed by atoms with van der Waals surface area (Å²) in [5, 5.41) is 0. The zero-order valence-electron chi connectivity index (χ0n) is 31.8. The molecule has 0 saturated carbocycles. The van der Waals surface area contributed by atoms with E-state index in [1.54, 1.807) is 0 Å². The molecule has 0 atom stereocenters. The highest BCUT2D eigenvalue weighted by Gasteiger charge is 2.49. The van der Waals surface area contributed by atoms with Gasteiger partial charge in [0.1, 0.15) is 0 Å². The molecule has 0 saturated heterocycles. The maximum absolute atomic E-state index is 2.72. The van der Waals surface area contributed by atoms with Crippen LogP contribution in [0.3, 0.4) is 0 Å². The van der Waals surface area contributed by atoms with E-state index >= 15 is 0 Å². The Labute approximate surface area is 314 Å². The minimum atomic E-state index is -0.248. The van der Waals surface area contributed by atoms with Crippen LogP contribution < -0.4 is 4.90 Å². The van der Waals surface area contributed by atoms with Crippen LogP contribution in [-0.4, -0.2) is 0 Å². The van der Waals surface area contributed by atoms with Crippen LogP contribution in [0, 0.1) is 6.92 Å². The summed E-state index contributed by atoms with van der Waals surface area (Å²) >= 11 is 0. The second-order valence-electron chi connectivity index (χ2n) is 16.9. The van der Waals surface area contributed by atoms with Crippen molar-refractivity contribution in [3.8, 4) is 44.5 Å². The quantitative estimate of drug-likeness (QED) is 0.178. The minimum absolute atomic E-state index is 0.212. The molecule has 0 amide bonds. The summed E-state index contributed by atoms with van der Waals surface area (Å²) in [5.41, 5.74) is 23.5.